The summed E-state index contributed by atoms with van der Waals surface area (Å²) in [5, 5.41) is 9.51. The highest BCUT2D eigenvalue weighted by Gasteiger charge is 2.26. The average Bonchev–Trinajstić information content (AvgIpc) is 3.05. The molecule has 1 aromatic heterocycles. The Kier molecular flexibility index (Phi) is 5.65. The number of nitrogens with zero attached hydrogens (tertiary/aromatic N) is 2. The topological polar surface area (TPSA) is 79.7 Å². The predicted octanol–water partition coefficient (Wildman–Crippen LogP) is 3.27. The van der Waals surface area contributed by atoms with Gasteiger partial charge >= 0.3 is 5.97 Å². The molecule has 1 fully saturated rings. The maximum Gasteiger partial charge on any atom is 0.305 e. The molecule has 0 saturated carbocycles. The van der Waals surface area contributed by atoms with E-state index < -0.39 is 5.97 Å². The average molecular weight is 407 g/mol. The number of carbonyl (C=O) groups excluding carboxylic acids is 1. The van der Waals surface area contributed by atoms with Gasteiger partial charge in [0.25, 0.3) is 0 Å². The molecule has 1 unspecified atom stereocenters. The van der Waals surface area contributed by atoms with Crippen LogP contribution >= 0.6 is 15.9 Å². The first kappa shape index (κ1) is 17.8. The summed E-state index contributed by atoms with van der Waals surface area (Å²) in [6.45, 7) is 1.51. The van der Waals surface area contributed by atoms with Crippen molar-refractivity contribution in [3.8, 4) is 0 Å². The number of benzene rings is 1. The van der Waals surface area contributed by atoms with Crippen molar-refractivity contribution in [1.29, 1.82) is 0 Å². The number of halogens is 1. The summed E-state index contributed by atoms with van der Waals surface area (Å²) in [5.41, 5.74) is 1.39. The molecular formula is C18H19BrN2O4. The van der Waals surface area contributed by atoms with Gasteiger partial charge in [0.1, 0.15) is 5.82 Å². The number of aliphatic carboxylic acids is 1. The number of rotatable bonds is 7. The molecule has 2 aromatic rings. The minimum atomic E-state index is -0.860. The van der Waals surface area contributed by atoms with Crippen LogP contribution in [-0.4, -0.2) is 48.1 Å². The Bertz CT molecular complexity index is 796. The minimum absolute atomic E-state index is 0.00423. The van der Waals surface area contributed by atoms with Crippen LogP contribution in [0.3, 0.4) is 0 Å². The van der Waals surface area contributed by atoms with Crippen molar-refractivity contribution < 1.29 is 19.4 Å². The van der Waals surface area contributed by atoms with Crippen LogP contribution in [0.15, 0.2) is 28.7 Å². The number of anilines is 1. The fraction of sp³-hybridized carbons (Fsp3) is 0.389. The summed E-state index contributed by atoms with van der Waals surface area (Å²) < 4.78 is 6.43. The van der Waals surface area contributed by atoms with E-state index in [4.69, 9.17) is 14.8 Å². The van der Waals surface area contributed by atoms with Crippen molar-refractivity contribution in [3.05, 3.63) is 34.3 Å². The molecule has 0 amide bonds. The molecule has 0 bridgehead atoms. The second-order valence-corrected chi connectivity index (χ2v) is 6.97. The van der Waals surface area contributed by atoms with Crippen LogP contribution in [0.4, 0.5) is 5.82 Å². The molecule has 1 atom stereocenters. The van der Waals surface area contributed by atoms with E-state index in [2.05, 4.69) is 20.8 Å². The summed E-state index contributed by atoms with van der Waals surface area (Å²) >= 11 is 3.44. The third kappa shape index (κ3) is 4.16. The van der Waals surface area contributed by atoms with Gasteiger partial charge in [-0.15, -0.1) is 0 Å². The molecule has 2 heterocycles. The monoisotopic (exact) mass is 406 g/mol. The smallest absolute Gasteiger partial charge is 0.305 e. The molecular weight excluding hydrogens is 388 g/mol. The highest BCUT2D eigenvalue weighted by molar-refractivity contribution is 9.10. The van der Waals surface area contributed by atoms with Crippen LogP contribution in [0, 0.1) is 0 Å². The normalized spacial score (nSPS) is 17.2. The lowest BCUT2D eigenvalue weighted by atomic mass is 10.1. The summed E-state index contributed by atoms with van der Waals surface area (Å²) in [6, 6.07) is 7.65. The number of ether oxygens (including phenoxy) is 1. The van der Waals surface area contributed by atoms with Gasteiger partial charge in [-0.25, -0.2) is 4.98 Å². The molecule has 3 rings (SSSR count). The van der Waals surface area contributed by atoms with Gasteiger partial charge in [-0.2, -0.15) is 0 Å². The molecule has 0 spiro atoms. The Morgan fingerprint density at radius 2 is 2.28 bits per heavy atom. The van der Waals surface area contributed by atoms with Crippen LogP contribution in [0.5, 0.6) is 0 Å². The van der Waals surface area contributed by atoms with Gasteiger partial charge in [0, 0.05) is 22.0 Å². The number of carbonyl (C=O) groups is 2. The van der Waals surface area contributed by atoms with Crippen molar-refractivity contribution in [2.45, 2.75) is 25.3 Å². The van der Waals surface area contributed by atoms with E-state index in [1.165, 1.54) is 0 Å². The van der Waals surface area contributed by atoms with Crippen LogP contribution in [0.1, 0.15) is 29.6 Å². The van der Waals surface area contributed by atoms with E-state index in [0.717, 1.165) is 46.9 Å². The van der Waals surface area contributed by atoms with Crippen molar-refractivity contribution >= 4 is 44.9 Å². The number of hydrogen-bond donors (Lipinski definition) is 1. The molecule has 132 valence electrons. The highest BCUT2D eigenvalue weighted by atomic mass is 79.9. The number of aromatic nitrogens is 1. The molecule has 1 aliphatic heterocycles. The van der Waals surface area contributed by atoms with Gasteiger partial charge in [-0.1, -0.05) is 22.0 Å². The largest absolute Gasteiger partial charge is 0.481 e. The van der Waals surface area contributed by atoms with Crippen LogP contribution < -0.4 is 4.90 Å². The number of pyridine rings is 1. The van der Waals surface area contributed by atoms with Gasteiger partial charge in [-0.05, 0) is 31.0 Å². The van der Waals surface area contributed by atoms with Gasteiger partial charge in [0.05, 0.1) is 31.2 Å². The first-order valence-electron chi connectivity index (χ1n) is 8.20. The molecule has 7 heteroatoms. The van der Waals surface area contributed by atoms with Crippen LogP contribution in [0.25, 0.3) is 10.9 Å². The van der Waals surface area contributed by atoms with E-state index in [0.29, 0.717) is 12.2 Å². The van der Waals surface area contributed by atoms with Crippen LogP contribution in [0.2, 0.25) is 0 Å². The summed E-state index contributed by atoms with van der Waals surface area (Å²) in [6.07, 6.45) is 2.84. The minimum Gasteiger partial charge on any atom is -0.481 e. The number of carboxylic acid groups (broad SMARTS) is 1. The highest BCUT2D eigenvalue weighted by Crippen LogP contribution is 2.29. The molecule has 1 N–H and O–H groups in total. The number of fused-ring (bicyclic) bond motifs is 1. The third-order valence-corrected chi connectivity index (χ3v) is 4.85. The molecule has 1 saturated heterocycles. The molecule has 0 aliphatic carbocycles. The standard InChI is InChI=1S/C18H19BrN2O4/c19-13-3-4-15-12(10-22)8-17(20-16(15)9-13)21-6-1-2-14(21)11-25-7-5-18(23)24/h3-4,8-10,14H,1-2,5-7,11H2,(H,23,24). The van der Waals surface area contributed by atoms with Crippen molar-refractivity contribution in [2.75, 3.05) is 24.7 Å². The van der Waals surface area contributed by atoms with Crippen molar-refractivity contribution in [3.63, 3.8) is 0 Å². The zero-order chi connectivity index (χ0) is 17.8. The van der Waals surface area contributed by atoms with Gasteiger partial charge in [0.2, 0.25) is 0 Å². The summed E-state index contributed by atoms with van der Waals surface area (Å²) in [5.74, 6) is -0.0993. The van der Waals surface area contributed by atoms with Crippen molar-refractivity contribution in [1.82, 2.24) is 4.98 Å². The Hall–Kier alpha value is -1.99. The lowest BCUT2D eigenvalue weighted by molar-refractivity contribution is -0.138. The number of aldehydes is 1. The Balaban J connectivity index is 1.81. The molecule has 1 aromatic carbocycles. The number of carboxylic acids is 1. The lowest BCUT2D eigenvalue weighted by Crippen LogP contribution is -2.34. The summed E-state index contributed by atoms with van der Waals surface area (Å²) in [7, 11) is 0. The summed E-state index contributed by atoms with van der Waals surface area (Å²) in [4.78, 5) is 28.9. The van der Waals surface area contributed by atoms with Crippen LogP contribution in [-0.2, 0) is 9.53 Å². The first-order valence-corrected chi connectivity index (χ1v) is 8.99. The SMILES string of the molecule is O=Cc1cc(N2CCCC2COCCC(=O)O)nc2cc(Br)ccc12. The molecule has 6 nitrogen and oxygen atoms in total. The Morgan fingerprint density at radius 1 is 1.44 bits per heavy atom. The van der Waals surface area contributed by atoms with E-state index in [1.807, 2.05) is 24.3 Å². The van der Waals surface area contributed by atoms with E-state index in [1.54, 1.807) is 0 Å². The van der Waals surface area contributed by atoms with E-state index >= 15 is 0 Å². The second-order valence-electron chi connectivity index (χ2n) is 6.06. The fourth-order valence-corrected chi connectivity index (χ4v) is 3.50. The maximum absolute atomic E-state index is 11.5. The Labute approximate surface area is 153 Å². The predicted molar refractivity (Wildman–Crippen MR) is 98.3 cm³/mol. The van der Waals surface area contributed by atoms with Crippen molar-refractivity contribution in [2.24, 2.45) is 0 Å². The zero-order valence-electron chi connectivity index (χ0n) is 13.7. The fourth-order valence-electron chi connectivity index (χ4n) is 3.15. The van der Waals surface area contributed by atoms with Gasteiger partial charge < -0.3 is 14.7 Å². The quantitative estimate of drug-likeness (QED) is 0.561. The first-order chi connectivity index (χ1) is 12.1. The Morgan fingerprint density at radius 3 is 3.04 bits per heavy atom. The van der Waals surface area contributed by atoms with Gasteiger partial charge in [0.15, 0.2) is 6.29 Å². The third-order valence-electron chi connectivity index (χ3n) is 4.36. The zero-order valence-corrected chi connectivity index (χ0v) is 15.2. The van der Waals surface area contributed by atoms with Gasteiger partial charge in [-0.3, -0.25) is 9.59 Å². The van der Waals surface area contributed by atoms with E-state index in [9.17, 15) is 9.59 Å². The molecule has 25 heavy (non-hydrogen) atoms. The maximum atomic E-state index is 11.5. The van der Waals surface area contributed by atoms with E-state index in [-0.39, 0.29) is 19.1 Å². The lowest BCUT2D eigenvalue weighted by Gasteiger charge is -2.26. The second kappa shape index (κ2) is 7.93. The molecule has 1 aliphatic rings. The number of hydrogen-bond acceptors (Lipinski definition) is 5. The molecule has 0 radical (unpaired) electrons.